The molecule has 0 amide bonds. The Hall–Kier alpha value is -0.580. The smallest absolute Gasteiger partial charge is 0.120 e. The van der Waals surface area contributed by atoms with E-state index >= 15 is 0 Å². The molecular weight excluding hydrogens is 316 g/mol. The fourth-order valence-corrected chi connectivity index (χ4v) is 3.28. The highest BCUT2D eigenvalue weighted by molar-refractivity contribution is 9.10. The summed E-state index contributed by atoms with van der Waals surface area (Å²) in [6.45, 7) is 6.41. The molecule has 1 aliphatic rings. The van der Waals surface area contributed by atoms with E-state index in [2.05, 4.69) is 51.3 Å². The summed E-state index contributed by atoms with van der Waals surface area (Å²) < 4.78 is 6.97. The molecule has 1 aromatic carbocycles. The zero-order valence-corrected chi connectivity index (χ0v) is 14.1. The number of rotatable bonds is 6. The van der Waals surface area contributed by atoms with Gasteiger partial charge in [-0.1, -0.05) is 28.4 Å². The highest BCUT2D eigenvalue weighted by Gasteiger charge is 2.11. The van der Waals surface area contributed by atoms with Gasteiger partial charge in [-0.2, -0.15) is 0 Å². The summed E-state index contributed by atoms with van der Waals surface area (Å²) in [5.74, 6) is 0.945. The van der Waals surface area contributed by atoms with Crippen LogP contribution in [0.1, 0.15) is 37.8 Å². The van der Waals surface area contributed by atoms with E-state index < -0.39 is 0 Å². The number of nitrogens with zero attached hydrogens (tertiary/aromatic N) is 1. The van der Waals surface area contributed by atoms with Gasteiger partial charge in [0.1, 0.15) is 12.4 Å². The molecule has 3 nitrogen and oxygen atoms in total. The number of likely N-dealkylation sites (tertiary alicyclic amines) is 1. The molecular formula is C16H25BrN2O. The first-order valence-corrected chi connectivity index (χ1v) is 8.32. The second kappa shape index (κ2) is 8.01. The van der Waals surface area contributed by atoms with Crippen molar-refractivity contribution in [2.45, 2.75) is 32.2 Å². The van der Waals surface area contributed by atoms with Crippen molar-refractivity contribution in [2.75, 3.05) is 33.3 Å². The lowest BCUT2D eigenvalue weighted by molar-refractivity contribution is 0.183. The van der Waals surface area contributed by atoms with Gasteiger partial charge < -0.3 is 10.1 Å². The predicted molar refractivity (Wildman–Crippen MR) is 87.4 cm³/mol. The molecule has 2 rings (SSSR count). The van der Waals surface area contributed by atoms with E-state index in [0.29, 0.717) is 6.04 Å². The van der Waals surface area contributed by atoms with Gasteiger partial charge in [-0.05, 0) is 57.6 Å². The molecule has 0 saturated carbocycles. The summed E-state index contributed by atoms with van der Waals surface area (Å²) in [5.41, 5.74) is 1.26. The lowest BCUT2D eigenvalue weighted by Gasteiger charge is -2.26. The van der Waals surface area contributed by atoms with Gasteiger partial charge in [-0.15, -0.1) is 0 Å². The van der Waals surface area contributed by atoms with Crippen molar-refractivity contribution < 1.29 is 4.74 Å². The molecule has 1 aromatic rings. The Balaban J connectivity index is 1.82. The number of halogens is 1. The van der Waals surface area contributed by atoms with Crippen LogP contribution in [0, 0.1) is 0 Å². The van der Waals surface area contributed by atoms with Crippen LogP contribution in [-0.2, 0) is 0 Å². The quantitative estimate of drug-likeness (QED) is 0.856. The van der Waals surface area contributed by atoms with Crippen molar-refractivity contribution in [2.24, 2.45) is 0 Å². The van der Waals surface area contributed by atoms with Crippen LogP contribution < -0.4 is 10.1 Å². The van der Waals surface area contributed by atoms with Crippen LogP contribution in [0.4, 0.5) is 0 Å². The minimum atomic E-state index is 0.340. The number of hydrogen-bond acceptors (Lipinski definition) is 3. The van der Waals surface area contributed by atoms with E-state index in [1.165, 1.54) is 37.9 Å². The largest absolute Gasteiger partial charge is 0.492 e. The van der Waals surface area contributed by atoms with Crippen molar-refractivity contribution in [1.82, 2.24) is 10.2 Å². The Morgan fingerprint density at radius 2 is 2.05 bits per heavy atom. The summed E-state index contributed by atoms with van der Waals surface area (Å²) in [7, 11) is 1.97. The third kappa shape index (κ3) is 4.47. The maximum Gasteiger partial charge on any atom is 0.120 e. The molecule has 4 heteroatoms. The number of ether oxygens (including phenoxy) is 1. The molecule has 1 fully saturated rings. The standard InChI is InChI=1S/C16H25BrN2O/c1-13(18-2)15-7-6-14(12-16(15)17)20-11-10-19-8-4-3-5-9-19/h6-7,12-13,18H,3-5,8-11H2,1-2H3. The summed E-state index contributed by atoms with van der Waals surface area (Å²) in [4.78, 5) is 2.50. The molecule has 1 heterocycles. The molecule has 112 valence electrons. The van der Waals surface area contributed by atoms with Crippen LogP contribution >= 0.6 is 15.9 Å². The van der Waals surface area contributed by atoms with E-state index in [1.54, 1.807) is 0 Å². The van der Waals surface area contributed by atoms with Crippen LogP contribution in [0.5, 0.6) is 5.75 Å². The van der Waals surface area contributed by atoms with Crippen molar-refractivity contribution in [3.63, 3.8) is 0 Å². The predicted octanol–water partition coefficient (Wildman–Crippen LogP) is 3.59. The number of piperidine rings is 1. The van der Waals surface area contributed by atoms with Crippen molar-refractivity contribution >= 4 is 15.9 Å². The summed E-state index contributed by atoms with van der Waals surface area (Å²) in [5, 5.41) is 3.25. The lowest BCUT2D eigenvalue weighted by Crippen LogP contribution is -2.33. The van der Waals surface area contributed by atoms with Crippen LogP contribution in [0.15, 0.2) is 22.7 Å². The number of benzene rings is 1. The first-order chi connectivity index (χ1) is 9.70. The molecule has 1 atom stereocenters. The number of nitrogens with one attached hydrogen (secondary N) is 1. The lowest BCUT2D eigenvalue weighted by atomic mass is 10.1. The maximum absolute atomic E-state index is 5.87. The Kier molecular flexibility index (Phi) is 6.33. The summed E-state index contributed by atoms with van der Waals surface area (Å²) in [6.07, 6.45) is 4.06. The van der Waals surface area contributed by atoms with Crippen LogP contribution in [0.25, 0.3) is 0 Å². The third-order valence-electron chi connectivity index (χ3n) is 4.00. The van der Waals surface area contributed by atoms with E-state index in [4.69, 9.17) is 4.74 Å². The molecule has 0 radical (unpaired) electrons. The van der Waals surface area contributed by atoms with Crippen LogP contribution in [-0.4, -0.2) is 38.2 Å². The molecule has 0 bridgehead atoms. The monoisotopic (exact) mass is 340 g/mol. The second-order valence-electron chi connectivity index (χ2n) is 5.44. The zero-order chi connectivity index (χ0) is 14.4. The Bertz CT molecular complexity index is 419. The number of hydrogen-bond donors (Lipinski definition) is 1. The van der Waals surface area contributed by atoms with Crippen molar-refractivity contribution in [3.8, 4) is 5.75 Å². The zero-order valence-electron chi connectivity index (χ0n) is 12.5. The van der Waals surface area contributed by atoms with Gasteiger partial charge in [0.25, 0.3) is 0 Å². The molecule has 1 saturated heterocycles. The SMILES string of the molecule is CNC(C)c1ccc(OCCN2CCCCC2)cc1Br. The van der Waals surface area contributed by atoms with Crippen LogP contribution in [0.3, 0.4) is 0 Å². The second-order valence-corrected chi connectivity index (χ2v) is 6.30. The highest BCUT2D eigenvalue weighted by atomic mass is 79.9. The molecule has 20 heavy (non-hydrogen) atoms. The normalized spacial score (nSPS) is 17.9. The molecule has 1 unspecified atom stereocenters. The Morgan fingerprint density at radius 1 is 1.30 bits per heavy atom. The van der Waals surface area contributed by atoms with E-state index in [9.17, 15) is 0 Å². The van der Waals surface area contributed by atoms with Gasteiger partial charge in [0.2, 0.25) is 0 Å². The van der Waals surface area contributed by atoms with Gasteiger partial charge in [-0.25, -0.2) is 0 Å². The van der Waals surface area contributed by atoms with Crippen molar-refractivity contribution in [3.05, 3.63) is 28.2 Å². The summed E-state index contributed by atoms with van der Waals surface area (Å²) in [6, 6.07) is 6.59. The average molecular weight is 341 g/mol. The minimum absolute atomic E-state index is 0.340. The highest BCUT2D eigenvalue weighted by Crippen LogP contribution is 2.27. The first-order valence-electron chi connectivity index (χ1n) is 7.52. The maximum atomic E-state index is 5.87. The molecule has 1 N–H and O–H groups in total. The van der Waals surface area contributed by atoms with Gasteiger partial charge in [0.15, 0.2) is 0 Å². The van der Waals surface area contributed by atoms with Gasteiger partial charge in [0, 0.05) is 17.1 Å². The molecule has 0 aliphatic carbocycles. The van der Waals surface area contributed by atoms with Gasteiger partial charge in [-0.3, -0.25) is 4.90 Å². The van der Waals surface area contributed by atoms with Crippen LogP contribution in [0.2, 0.25) is 0 Å². The van der Waals surface area contributed by atoms with E-state index in [1.807, 2.05) is 7.05 Å². The summed E-state index contributed by atoms with van der Waals surface area (Å²) >= 11 is 3.63. The Labute approximate surface area is 130 Å². The van der Waals surface area contributed by atoms with E-state index in [0.717, 1.165) is 23.4 Å². The Morgan fingerprint density at radius 3 is 2.70 bits per heavy atom. The third-order valence-corrected chi connectivity index (χ3v) is 4.68. The first kappa shape index (κ1) is 15.8. The van der Waals surface area contributed by atoms with Crippen molar-refractivity contribution in [1.29, 1.82) is 0 Å². The minimum Gasteiger partial charge on any atom is -0.492 e. The fourth-order valence-electron chi connectivity index (χ4n) is 2.58. The topological polar surface area (TPSA) is 24.5 Å². The van der Waals surface area contributed by atoms with Gasteiger partial charge >= 0.3 is 0 Å². The van der Waals surface area contributed by atoms with Gasteiger partial charge in [0.05, 0.1) is 0 Å². The average Bonchev–Trinajstić information content (AvgIpc) is 2.48. The molecule has 1 aliphatic heterocycles. The molecule has 0 spiro atoms. The molecule has 0 aromatic heterocycles. The van der Waals surface area contributed by atoms with E-state index in [-0.39, 0.29) is 0 Å². The fraction of sp³-hybridized carbons (Fsp3) is 0.625.